The average molecular weight is 574 g/mol. The Labute approximate surface area is 239 Å². The zero-order valence-electron chi connectivity index (χ0n) is 24.0. The zero-order valence-corrected chi connectivity index (χ0v) is 24.0. The number of carbonyl (C=O) groups is 4. The van der Waals surface area contributed by atoms with E-state index in [0.29, 0.717) is 31.1 Å². The fraction of sp³-hybridized carbons (Fsp3) is 0.586. The molecule has 3 heterocycles. The number of alkyl carbamates (subject to hydrolysis) is 1. The van der Waals surface area contributed by atoms with E-state index in [-0.39, 0.29) is 26.1 Å². The Morgan fingerprint density at radius 3 is 2.59 bits per heavy atom. The number of nitrogens with one attached hydrogen (secondary N) is 1. The summed E-state index contributed by atoms with van der Waals surface area (Å²) < 4.78 is 22.6. The molecule has 12 nitrogen and oxygen atoms in total. The SMILES string of the molecule is COc1ccc2c3c1OCC=CCCCCOC(=O)N[C@@H](C(C)(C)C)C(=O)N1C[C@@H](CC1C(=O)O)OC(=O)N(C2)C3. The maximum atomic E-state index is 13.6. The quantitative estimate of drug-likeness (QED) is 0.508. The maximum absolute atomic E-state index is 13.6. The van der Waals surface area contributed by atoms with Gasteiger partial charge in [0.05, 0.1) is 26.8 Å². The van der Waals surface area contributed by atoms with Gasteiger partial charge in [-0.25, -0.2) is 14.4 Å². The third-order valence-electron chi connectivity index (χ3n) is 7.47. The molecule has 0 saturated carbocycles. The van der Waals surface area contributed by atoms with Gasteiger partial charge >= 0.3 is 18.2 Å². The molecule has 0 aliphatic carbocycles. The van der Waals surface area contributed by atoms with Gasteiger partial charge in [-0.05, 0) is 36.3 Å². The minimum atomic E-state index is -1.21. The number of benzene rings is 1. The number of fused-ring (bicyclic) bond motifs is 3. The first-order chi connectivity index (χ1) is 19.5. The largest absolute Gasteiger partial charge is 0.493 e. The van der Waals surface area contributed by atoms with Crippen molar-refractivity contribution in [1.29, 1.82) is 0 Å². The van der Waals surface area contributed by atoms with Crippen molar-refractivity contribution in [3.63, 3.8) is 0 Å². The number of hydrogen-bond donors (Lipinski definition) is 2. The van der Waals surface area contributed by atoms with Crippen LogP contribution in [0.2, 0.25) is 0 Å². The number of aliphatic carboxylic acids is 1. The zero-order chi connectivity index (χ0) is 29.7. The number of ether oxygens (including phenoxy) is 4. The van der Waals surface area contributed by atoms with Crippen molar-refractivity contribution in [2.45, 2.75) is 77.7 Å². The lowest BCUT2D eigenvalue weighted by Gasteiger charge is -2.34. The highest BCUT2D eigenvalue weighted by molar-refractivity contribution is 5.90. The second-order valence-electron chi connectivity index (χ2n) is 11.5. The summed E-state index contributed by atoms with van der Waals surface area (Å²) in [5, 5.41) is 12.5. The predicted octanol–water partition coefficient (Wildman–Crippen LogP) is 3.46. The summed E-state index contributed by atoms with van der Waals surface area (Å²) in [6.07, 6.45) is 3.79. The molecule has 1 aromatic carbocycles. The van der Waals surface area contributed by atoms with Crippen LogP contribution in [-0.4, -0.2) is 84.0 Å². The molecule has 1 aromatic rings. The fourth-order valence-corrected chi connectivity index (χ4v) is 5.27. The number of rotatable bonds is 2. The van der Waals surface area contributed by atoms with E-state index in [2.05, 4.69) is 5.32 Å². The molecular weight excluding hydrogens is 534 g/mol. The van der Waals surface area contributed by atoms with Crippen LogP contribution in [-0.2, 0) is 32.2 Å². The lowest BCUT2D eigenvalue weighted by molar-refractivity contribution is -0.150. The summed E-state index contributed by atoms with van der Waals surface area (Å²) in [6.45, 7) is 6.22. The molecule has 1 fully saturated rings. The molecule has 1 unspecified atom stereocenters. The molecule has 1 saturated heterocycles. The maximum Gasteiger partial charge on any atom is 0.410 e. The highest BCUT2D eigenvalue weighted by Crippen LogP contribution is 2.39. The molecule has 3 aliphatic heterocycles. The van der Waals surface area contributed by atoms with E-state index in [4.69, 9.17) is 18.9 Å². The normalized spacial score (nSPS) is 24.4. The van der Waals surface area contributed by atoms with E-state index < -0.39 is 47.7 Å². The second kappa shape index (κ2) is 12.7. The summed E-state index contributed by atoms with van der Waals surface area (Å²) in [4.78, 5) is 54.2. The number of carboxylic acid groups (broad SMARTS) is 1. The highest BCUT2D eigenvalue weighted by Gasteiger charge is 2.46. The van der Waals surface area contributed by atoms with Gasteiger partial charge in [-0.3, -0.25) is 9.69 Å². The fourth-order valence-electron chi connectivity index (χ4n) is 5.27. The molecule has 3 aliphatic rings. The van der Waals surface area contributed by atoms with Crippen LogP contribution in [0, 0.1) is 5.41 Å². The van der Waals surface area contributed by atoms with Gasteiger partial charge in [-0.15, -0.1) is 0 Å². The number of carboxylic acids is 1. The average Bonchev–Trinajstić information content (AvgIpc) is 3.54. The van der Waals surface area contributed by atoms with E-state index in [9.17, 15) is 24.3 Å². The van der Waals surface area contributed by atoms with Crippen molar-refractivity contribution in [2.75, 3.05) is 26.9 Å². The number of cyclic esters (lactones) is 1. The summed E-state index contributed by atoms with van der Waals surface area (Å²) in [5.74, 6) is -0.674. The monoisotopic (exact) mass is 573 g/mol. The Balaban J connectivity index is 1.58. The number of carbonyl (C=O) groups excluding carboxylic acids is 3. The number of methoxy groups -OCH3 is 1. The third kappa shape index (κ3) is 7.04. The van der Waals surface area contributed by atoms with Gasteiger partial charge in [0.25, 0.3) is 0 Å². The van der Waals surface area contributed by atoms with E-state index in [1.165, 1.54) is 9.80 Å². The number of hydrogen-bond acceptors (Lipinski definition) is 8. The molecule has 3 amide bonds. The molecule has 2 N–H and O–H groups in total. The van der Waals surface area contributed by atoms with Crippen molar-refractivity contribution >= 4 is 24.1 Å². The molecule has 12 heteroatoms. The Morgan fingerprint density at radius 2 is 1.88 bits per heavy atom. The first kappa shape index (κ1) is 30.0. The van der Waals surface area contributed by atoms with Crippen molar-refractivity contribution in [2.24, 2.45) is 5.41 Å². The van der Waals surface area contributed by atoms with Crippen LogP contribution >= 0.6 is 0 Å². The van der Waals surface area contributed by atoms with Crippen LogP contribution in [0.5, 0.6) is 11.5 Å². The predicted molar refractivity (Wildman–Crippen MR) is 146 cm³/mol. The van der Waals surface area contributed by atoms with Crippen molar-refractivity contribution in [3.05, 3.63) is 35.4 Å². The second-order valence-corrected chi connectivity index (χ2v) is 11.5. The standard InChI is InChI=1S/C29H39N3O9/c1-29(2,3)24-25(33)32-16-19(14-21(32)26(34)35)41-28(37)31-15-18-10-11-22(38-4)23(20(18)17-31)39-12-8-6-5-7-9-13-40-27(36)30-24/h6,8,10-11,19,21,24H,5,7,9,12-17H2,1-4H3,(H,30,36)(H,34,35)/t19-,21?,24-/m1/s1. The van der Waals surface area contributed by atoms with Crippen molar-refractivity contribution in [3.8, 4) is 11.5 Å². The minimum absolute atomic E-state index is 0.0660. The molecule has 224 valence electrons. The molecule has 3 atom stereocenters. The van der Waals surface area contributed by atoms with E-state index >= 15 is 0 Å². The number of nitrogens with zero attached hydrogens (tertiary/aromatic N) is 2. The molecular formula is C29H39N3O9. The van der Waals surface area contributed by atoms with Gasteiger partial charge in [0, 0.05) is 18.5 Å². The van der Waals surface area contributed by atoms with Crippen LogP contribution in [0.25, 0.3) is 0 Å². The van der Waals surface area contributed by atoms with Crippen LogP contribution < -0.4 is 14.8 Å². The summed E-state index contributed by atoms with van der Waals surface area (Å²) >= 11 is 0. The van der Waals surface area contributed by atoms with Crippen LogP contribution in [0.3, 0.4) is 0 Å². The van der Waals surface area contributed by atoms with Crippen LogP contribution in [0.4, 0.5) is 9.59 Å². The Bertz CT molecular complexity index is 1190. The minimum Gasteiger partial charge on any atom is -0.493 e. The third-order valence-corrected chi connectivity index (χ3v) is 7.47. The summed E-state index contributed by atoms with van der Waals surface area (Å²) in [6, 6.07) is 1.42. The van der Waals surface area contributed by atoms with Gasteiger partial charge in [-0.1, -0.05) is 39.0 Å². The molecule has 41 heavy (non-hydrogen) atoms. The smallest absolute Gasteiger partial charge is 0.410 e. The molecule has 0 aromatic heterocycles. The number of allylic oxidation sites excluding steroid dienone is 1. The van der Waals surface area contributed by atoms with E-state index in [1.807, 2.05) is 18.2 Å². The summed E-state index contributed by atoms with van der Waals surface area (Å²) in [5.41, 5.74) is 0.981. The highest BCUT2D eigenvalue weighted by atomic mass is 16.6. The van der Waals surface area contributed by atoms with Gasteiger partial charge in [-0.2, -0.15) is 0 Å². The lowest BCUT2D eigenvalue weighted by Crippen LogP contribution is -2.57. The molecule has 0 spiro atoms. The van der Waals surface area contributed by atoms with Gasteiger partial charge in [0.15, 0.2) is 11.5 Å². The topological polar surface area (TPSA) is 144 Å². The molecule has 4 rings (SSSR count). The first-order valence-electron chi connectivity index (χ1n) is 13.9. The Kier molecular flexibility index (Phi) is 9.29. The molecule has 4 bridgehead atoms. The number of amides is 3. The van der Waals surface area contributed by atoms with Crippen molar-refractivity contribution < 1.29 is 43.2 Å². The Morgan fingerprint density at radius 1 is 1.10 bits per heavy atom. The molecule has 0 radical (unpaired) electrons. The van der Waals surface area contributed by atoms with Crippen LogP contribution in [0.15, 0.2) is 24.3 Å². The Hall–Kier alpha value is -3.96. The van der Waals surface area contributed by atoms with Crippen LogP contribution in [0.1, 0.15) is 57.6 Å². The van der Waals surface area contributed by atoms with E-state index in [0.717, 1.165) is 24.0 Å². The van der Waals surface area contributed by atoms with Gasteiger partial charge in [0.2, 0.25) is 5.91 Å². The van der Waals surface area contributed by atoms with E-state index in [1.54, 1.807) is 33.9 Å². The van der Waals surface area contributed by atoms with Crippen molar-refractivity contribution in [1.82, 2.24) is 15.1 Å². The van der Waals surface area contributed by atoms with Gasteiger partial charge in [0.1, 0.15) is 24.8 Å². The van der Waals surface area contributed by atoms with Gasteiger partial charge < -0.3 is 34.3 Å². The first-order valence-corrected chi connectivity index (χ1v) is 13.9. The summed E-state index contributed by atoms with van der Waals surface area (Å²) in [7, 11) is 1.55. The lowest BCUT2D eigenvalue weighted by atomic mass is 9.85.